The maximum atomic E-state index is 12.2. The van der Waals surface area contributed by atoms with E-state index in [0.717, 1.165) is 5.56 Å². The van der Waals surface area contributed by atoms with Crippen LogP contribution in [0.5, 0.6) is 0 Å². The van der Waals surface area contributed by atoms with Gasteiger partial charge in [0.15, 0.2) is 10.9 Å². The minimum absolute atomic E-state index is 0.0977. The van der Waals surface area contributed by atoms with Crippen molar-refractivity contribution in [2.45, 2.75) is 24.6 Å². The first-order valence-corrected chi connectivity index (χ1v) is 7.04. The zero-order valence-electron chi connectivity index (χ0n) is 10.5. The molecule has 7 heteroatoms. The van der Waals surface area contributed by atoms with Crippen LogP contribution in [0.2, 0.25) is 0 Å². The third-order valence-electron chi connectivity index (χ3n) is 2.43. The molecule has 0 aliphatic heterocycles. The van der Waals surface area contributed by atoms with Gasteiger partial charge in [0.1, 0.15) is 12.1 Å². The number of hydrogen-bond acceptors (Lipinski definition) is 5. The Kier molecular flexibility index (Phi) is 3.16. The minimum Gasteiger partial charge on any atom is -0.256 e. The lowest BCUT2D eigenvalue weighted by Crippen LogP contribution is -2.10. The molecule has 18 heavy (non-hydrogen) atoms. The van der Waals surface area contributed by atoms with Gasteiger partial charge in [-0.15, -0.1) is 0 Å². The molecule has 0 unspecified atom stereocenters. The number of aryl methyl sites for hydroxylation is 3. The van der Waals surface area contributed by atoms with Crippen LogP contribution in [0.4, 0.5) is 0 Å². The van der Waals surface area contributed by atoms with E-state index in [1.165, 1.54) is 11.0 Å². The zero-order valence-corrected chi connectivity index (χ0v) is 11.3. The van der Waals surface area contributed by atoms with Gasteiger partial charge < -0.3 is 0 Å². The van der Waals surface area contributed by atoms with Gasteiger partial charge in [0, 0.05) is 13.2 Å². The van der Waals surface area contributed by atoms with Crippen LogP contribution in [0.3, 0.4) is 0 Å². The van der Waals surface area contributed by atoms with Crippen molar-refractivity contribution in [3.8, 4) is 0 Å². The summed E-state index contributed by atoms with van der Waals surface area (Å²) in [6, 6.07) is 1.80. The third-order valence-corrected chi connectivity index (χ3v) is 4.08. The molecule has 0 N–H and O–H groups in total. The Labute approximate surface area is 106 Å². The van der Waals surface area contributed by atoms with E-state index in [1.54, 1.807) is 26.2 Å². The van der Waals surface area contributed by atoms with E-state index in [2.05, 4.69) is 15.1 Å². The average molecular weight is 266 g/mol. The summed E-state index contributed by atoms with van der Waals surface area (Å²) in [5, 5.41) is 4.06. The third kappa shape index (κ3) is 2.56. The van der Waals surface area contributed by atoms with E-state index < -0.39 is 9.84 Å². The van der Waals surface area contributed by atoms with Crippen LogP contribution in [-0.4, -0.2) is 28.2 Å². The summed E-state index contributed by atoms with van der Waals surface area (Å²) in [6.07, 6.45) is 3.02. The number of nitrogens with zero attached hydrogens (tertiary/aromatic N) is 4. The maximum absolute atomic E-state index is 12.2. The van der Waals surface area contributed by atoms with Crippen molar-refractivity contribution in [2.24, 2.45) is 7.05 Å². The van der Waals surface area contributed by atoms with E-state index in [-0.39, 0.29) is 16.6 Å². The van der Waals surface area contributed by atoms with Gasteiger partial charge >= 0.3 is 0 Å². The van der Waals surface area contributed by atoms with Gasteiger partial charge in [-0.1, -0.05) is 6.07 Å². The number of pyridine rings is 1. The van der Waals surface area contributed by atoms with Crippen molar-refractivity contribution in [3.63, 3.8) is 0 Å². The van der Waals surface area contributed by atoms with E-state index in [1.807, 2.05) is 6.92 Å². The van der Waals surface area contributed by atoms with Gasteiger partial charge in [-0.3, -0.25) is 4.68 Å². The molecule has 0 spiro atoms. The Morgan fingerprint density at radius 2 is 2.00 bits per heavy atom. The van der Waals surface area contributed by atoms with E-state index in [0.29, 0.717) is 5.56 Å². The molecule has 0 atom stereocenters. The first kappa shape index (κ1) is 12.7. The fourth-order valence-electron chi connectivity index (χ4n) is 1.72. The lowest BCUT2D eigenvalue weighted by Gasteiger charge is -2.05. The number of sulfone groups is 1. The van der Waals surface area contributed by atoms with Crippen molar-refractivity contribution in [3.05, 3.63) is 35.5 Å². The number of rotatable bonds is 3. The second-order valence-electron chi connectivity index (χ2n) is 4.23. The normalized spacial score (nSPS) is 11.7. The molecule has 2 rings (SSSR count). The van der Waals surface area contributed by atoms with E-state index in [9.17, 15) is 8.42 Å². The van der Waals surface area contributed by atoms with Crippen molar-refractivity contribution < 1.29 is 8.42 Å². The molecular formula is C11H14N4O2S. The van der Waals surface area contributed by atoms with Crippen molar-refractivity contribution in [2.75, 3.05) is 0 Å². The standard InChI is InChI=1S/C11H14N4O2S/c1-8-4-9(2)11(12-5-8)18(16,17)6-10-13-7-15(3)14-10/h4-5,7H,6H2,1-3H3. The second kappa shape index (κ2) is 4.49. The molecule has 0 saturated heterocycles. The quantitative estimate of drug-likeness (QED) is 0.821. The molecule has 0 fully saturated rings. The fraction of sp³-hybridized carbons (Fsp3) is 0.364. The van der Waals surface area contributed by atoms with Crippen LogP contribution in [0, 0.1) is 13.8 Å². The first-order chi connectivity index (χ1) is 8.38. The molecule has 0 aromatic carbocycles. The monoisotopic (exact) mass is 266 g/mol. The summed E-state index contributed by atoms with van der Waals surface area (Å²) in [4.78, 5) is 7.92. The number of hydrogen-bond donors (Lipinski definition) is 0. The molecule has 2 aromatic rings. The smallest absolute Gasteiger partial charge is 0.203 e. The van der Waals surface area contributed by atoms with Gasteiger partial charge in [0.25, 0.3) is 0 Å². The molecule has 0 radical (unpaired) electrons. The highest BCUT2D eigenvalue weighted by atomic mass is 32.2. The Morgan fingerprint density at radius 3 is 2.56 bits per heavy atom. The highest BCUT2D eigenvalue weighted by Gasteiger charge is 2.21. The molecule has 0 amide bonds. The van der Waals surface area contributed by atoms with E-state index in [4.69, 9.17) is 0 Å². The predicted molar refractivity (Wildman–Crippen MR) is 65.6 cm³/mol. The molecule has 0 aliphatic rings. The SMILES string of the molecule is Cc1cnc(S(=O)(=O)Cc2ncn(C)n2)c(C)c1. The first-order valence-electron chi connectivity index (χ1n) is 5.39. The Bertz CT molecular complexity index is 676. The van der Waals surface area contributed by atoms with Gasteiger partial charge in [0.2, 0.25) is 9.84 Å². The van der Waals surface area contributed by atoms with Crippen LogP contribution in [0.15, 0.2) is 23.6 Å². The lowest BCUT2D eigenvalue weighted by molar-refractivity contribution is 0.588. The molecule has 2 heterocycles. The van der Waals surface area contributed by atoms with Gasteiger partial charge in [-0.05, 0) is 25.0 Å². The van der Waals surface area contributed by atoms with Crippen LogP contribution in [0.25, 0.3) is 0 Å². The molecule has 2 aromatic heterocycles. The number of aromatic nitrogens is 4. The summed E-state index contributed by atoms with van der Waals surface area (Å²) < 4.78 is 25.9. The average Bonchev–Trinajstić information content (AvgIpc) is 2.62. The molecule has 0 saturated carbocycles. The Morgan fingerprint density at radius 1 is 1.28 bits per heavy atom. The van der Waals surface area contributed by atoms with Crippen molar-refractivity contribution in [1.29, 1.82) is 0 Å². The Hall–Kier alpha value is -1.76. The molecule has 6 nitrogen and oxygen atoms in total. The van der Waals surface area contributed by atoms with Crippen LogP contribution < -0.4 is 0 Å². The molecule has 96 valence electrons. The summed E-state index contributed by atoms with van der Waals surface area (Å²) in [6.45, 7) is 3.61. The van der Waals surface area contributed by atoms with Gasteiger partial charge in [0.05, 0.1) is 0 Å². The Balaban J connectivity index is 2.36. The van der Waals surface area contributed by atoms with Crippen molar-refractivity contribution >= 4 is 9.84 Å². The van der Waals surface area contributed by atoms with Crippen molar-refractivity contribution in [1.82, 2.24) is 19.7 Å². The largest absolute Gasteiger partial charge is 0.256 e. The molecule has 0 bridgehead atoms. The second-order valence-corrected chi connectivity index (χ2v) is 6.13. The molecule has 0 aliphatic carbocycles. The lowest BCUT2D eigenvalue weighted by atomic mass is 10.2. The predicted octanol–water partition coefficient (Wildman–Crippen LogP) is 0.801. The summed E-state index contributed by atoms with van der Waals surface area (Å²) in [7, 11) is -1.80. The summed E-state index contributed by atoms with van der Waals surface area (Å²) in [5.41, 5.74) is 1.58. The van der Waals surface area contributed by atoms with Gasteiger partial charge in [-0.25, -0.2) is 18.4 Å². The summed E-state index contributed by atoms with van der Waals surface area (Å²) >= 11 is 0. The van der Waals surface area contributed by atoms with Crippen LogP contribution in [0.1, 0.15) is 17.0 Å². The van der Waals surface area contributed by atoms with E-state index >= 15 is 0 Å². The van der Waals surface area contributed by atoms with Crippen LogP contribution in [-0.2, 0) is 22.6 Å². The van der Waals surface area contributed by atoms with Gasteiger partial charge in [-0.2, -0.15) is 5.10 Å². The zero-order chi connectivity index (χ0) is 13.3. The minimum atomic E-state index is -3.50. The summed E-state index contributed by atoms with van der Waals surface area (Å²) in [5.74, 6) is 0.0457. The van der Waals surface area contributed by atoms with Crippen LogP contribution >= 0.6 is 0 Å². The molecular weight excluding hydrogens is 252 g/mol. The fourth-order valence-corrected chi connectivity index (χ4v) is 3.09. The highest BCUT2D eigenvalue weighted by molar-refractivity contribution is 7.90. The highest BCUT2D eigenvalue weighted by Crippen LogP contribution is 2.17. The topological polar surface area (TPSA) is 77.7 Å². The maximum Gasteiger partial charge on any atom is 0.203 e.